The number of hydrogen-bond acceptors (Lipinski definition) is 6. The lowest BCUT2D eigenvalue weighted by atomic mass is 9.92. The van der Waals surface area contributed by atoms with Crippen LogP contribution in [0.15, 0.2) is 48.0 Å². The maximum Gasteiger partial charge on any atom is 0.338 e. The Bertz CT molecular complexity index is 1030. The molecule has 0 fully saturated rings. The first-order chi connectivity index (χ1) is 15.9. The van der Waals surface area contributed by atoms with Gasteiger partial charge in [-0.3, -0.25) is 0 Å². The van der Waals surface area contributed by atoms with Crippen LogP contribution in [-0.2, 0) is 9.53 Å². The van der Waals surface area contributed by atoms with Crippen LogP contribution in [0.3, 0.4) is 0 Å². The van der Waals surface area contributed by atoms with E-state index < -0.39 is 18.0 Å². The summed E-state index contributed by atoms with van der Waals surface area (Å²) in [5.74, 6) is 1.26. The minimum atomic E-state index is -0.753. The lowest BCUT2D eigenvalue weighted by molar-refractivity contribution is -0.143. The number of esters is 1. The Morgan fingerprint density at radius 2 is 1.67 bits per heavy atom. The van der Waals surface area contributed by atoms with Gasteiger partial charge in [0.05, 0.1) is 43.7 Å². The standard InChI is InChI=1S/C25H30N2O6/c1-6-31-19-13-10-17(14-20(19)32-7-2)23-21(24(28)33-15(3)4)22(26-25(29)27-23)16-8-11-18(30-5)12-9-16/h8-15,23H,6-7H2,1-5H3,(H2,26,27,29). The molecule has 1 atom stereocenters. The van der Waals surface area contributed by atoms with Crippen LogP contribution in [0, 0.1) is 0 Å². The van der Waals surface area contributed by atoms with E-state index in [1.54, 1.807) is 63.4 Å². The molecule has 0 bridgehead atoms. The molecule has 1 unspecified atom stereocenters. The summed E-state index contributed by atoms with van der Waals surface area (Å²) in [6, 6.07) is 11.3. The summed E-state index contributed by atoms with van der Waals surface area (Å²) in [6.45, 7) is 8.25. The first-order valence-electron chi connectivity index (χ1n) is 10.9. The fraction of sp³-hybridized carbons (Fsp3) is 0.360. The molecule has 2 amide bonds. The Balaban J connectivity index is 2.16. The fourth-order valence-electron chi connectivity index (χ4n) is 3.54. The Labute approximate surface area is 193 Å². The van der Waals surface area contributed by atoms with Crippen molar-refractivity contribution in [3.8, 4) is 17.2 Å². The van der Waals surface area contributed by atoms with Gasteiger partial charge in [0.25, 0.3) is 0 Å². The molecule has 1 aliphatic rings. The summed E-state index contributed by atoms with van der Waals surface area (Å²) in [6.07, 6.45) is -0.334. The van der Waals surface area contributed by atoms with Crippen LogP contribution >= 0.6 is 0 Å². The Morgan fingerprint density at radius 3 is 2.27 bits per heavy atom. The number of carbonyl (C=O) groups excluding carboxylic acids is 2. The molecule has 0 saturated heterocycles. The highest BCUT2D eigenvalue weighted by atomic mass is 16.5. The van der Waals surface area contributed by atoms with Crippen LogP contribution in [0.1, 0.15) is 44.9 Å². The maximum absolute atomic E-state index is 13.2. The van der Waals surface area contributed by atoms with Gasteiger partial charge in [-0.15, -0.1) is 0 Å². The summed E-state index contributed by atoms with van der Waals surface area (Å²) in [7, 11) is 1.57. The van der Waals surface area contributed by atoms with Crippen LogP contribution in [0.2, 0.25) is 0 Å². The third-order valence-electron chi connectivity index (χ3n) is 4.91. The predicted molar refractivity (Wildman–Crippen MR) is 124 cm³/mol. The Hall–Kier alpha value is -3.68. The van der Waals surface area contributed by atoms with Gasteiger partial charge in [-0.2, -0.15) is 0 Å². The molecule has 33 heavy (non-hydrogen) atoms. The van der Waals surface area contributed by atoms with E-state index in [4.69, 9.17) is 18.9 Å². The van der Waals surface area contributed by atoms with E-state index in [1.807, 2.05) is 13.8 Å². The lowest BCUT2D eigenvalue weighted by Gasteiger charge is -2.30. The maximum atomic E-state index is 13.2. The average Bonchev–Trinajstić information content (AvgIpc) is 2.79. The second-order valence-electron chi connectivity index (χ2n) is 7.57. The van der Waals surface area contributed by atoms with E-state index in [0.29, 0.717) is 52.9 Å². The molecule has 2 N–H and O–H groups in total. The van der Waals surface area contributed by atoms with Crippen LogP contribution in [0.4, 0.5) is 4.79 Å². The highest BCUT2D eigenvalue weighted by Crippen LogP contribution is 2.37. The number of rotatable bonds is 9. The van der Waals surface area contributed by atoms with Gasteiger partial charge in [0, 0.05) is 0 Å². The van der Waals surface area contributed by atoms with E-state index in [-0.39, 0.29) is 6.10 Å². The summed E-state index contributed by atoms with van der Waals surface area (Å²) < 4.78 is 22.2. The third-order valence-corrected chi connectivity index (χ3v) is 4.91. The minimum Gasteiger partial charge on any atom is -0.497 e. The molecule has 8 heteroatoms. The number of ether oxygens (including phenoxy) is 4. The molecule has 176 valence electrons. The SMILES string of the molecule is CCOc1ccc(C2NC(=O)NC(c3ccc(OC)cc3)=C2C(=O)OC(C)C)cc1OCC. The highest BCUT2D eigenvalue weighted by molar-refractivity contribution is 6.04. The fourth-order valence-corrected chi connectivity index (χ4v) is 3.54. The van der Waals surface area contributed by atoms with Crippen molar-refractivity contribution in [2.45, 2.75) is 39.8 Å². The number of urea groups is 1. The van der Waals surface area contributed by atoms with Crippen molar-refractivity contribution in [2.75, 3.05) is 20.3 Å². The van der Waals surface area contributed by atoms with Crippen LogP contribution < -0.4 is 24.8 Å². The molecule has 0 aliphatic carbocycles. The topological polar surface area (TPSA) is 95.1 Å². The molecule has 0 radical (unpaired) electrons. The van der Waals surface area contributed by atoms with Gasteiger partial charge in [0.2, 0.25) is 0 Å². The first-order valence-corrected chi connectivity index (χ1v) is 10.9. The molecule has 2 aromatic rings. The number of benzene rings is 2. The van der Waals surface area contributed by atoms with Crippen LogP contribution in [-0.4, -0.2) is 38.4 Å². The van der Waals surface area contributed by atoms with Gasteiger partial charge >= 0.3 is 12.0 Å². The minimum absolute atomic E-state index is 0.292. The summed E-state index contributed by atoms with van der Waals surface area (Å²) in [5.41, 5.74) is 1.99. The van der Waals surface area contributed by atoms with Gasteiger partial charge in [0.15, 0.2) is 11.5 Å². The van der Waals surface area contributed by atoms with Gasteiger partial charge in [-0.25, -0.2) is 9.59 Å². The molecule has 0 spiro atoms. The van der Waals surface area contributed by atoms with E-state index in [2.05, 4.69) is 10.6 Å². The summed E-state index contributed by atoms with van der Waals surface area (Å²) in [5, 5.41) is 5.63. The molecule has 1 aliphatic heterocycles. The first kappa shape index (κ1) is 24.0. The van der Waals surface area contributed by atoms with Crippen LogP contribution in [0.5, 0.6) is 17.2 Å². The zero-order chi connectivity index (χ0) is 24.0. The van der Waals surface area contributed by atoms with Crippen molar-refractivity contribution >= 4 is 17.7 Å². The largest absolute Gasteiger partial charge is 0.497 e. The number of amides is 2. The molecule has 3 rings (SSSR count). The molecular weight excluding hydrogens is 424 g/mol. The summed E-state index contributed by atoms with van der Waals surface area (Å²) in [4.78, 5) is 25.9. The van der Waals surface area contributed by atoms with Gasteiger partial charge in [-0.1, -0.05) is 6.07 Å². The van der Waals surface area contributed by atoms with Gasteiger partial charge in [0.1, 0.15) is 5.75 Å². The quantitative estimate of drug-likeness (QED) is 0.551. The van der Waals surface area contributed by atoms with Gasteiger partial charge in [-0.05, 0) is 75.2 Å². The smallest absolute Gasteiger partial charge is 0.338 e. The van der Waals surface area contributed by atoms with E-state index >= 15 is 0 Å². The summed E-state index contributed by atoms with van der Waals surface area (Å²) >= 11 is 0. The van der Waals surface area contributed by atoms with Crippen molar-refractivity contribution in [1.29, 1.82) is 0 Å². The molecule has 0 aromatic heterocycles. The number of methoxy groups -OCH3 is 1. The monoisotopic (exact) mass is 454 g/mol. The number of carbonyl (C=O) groups is 2. The molecule has 8 nitrogen and oxygen atoms in total. The van der Waals surface area contributed by atoms with Gasteiger partial charge < -0.3 is 29.6 Å². The Kier molecular flexibility index (Phi) is 7.82. The van der Waals surface area contributed by atoms with E-state index in [1.165, 1.54) is 0 Å². The molecule has 2 aromatic carbocycles. The van der Waals surface area contributed by atoms with Crippen molar-refractivity contribution in [1.82, 2.24) is 10.6 Å². The third kappa shape index (κ3) is 5.58. The normalized spacial score (nSPS) is 15.6. The Morgan fingerprint density at radius 1 is 1.00 bits per heavy atom. The van der Waals surface area contributed by atoms with Crippen molar-refractivity contribution < 1.29 is 28.5 Å². The van der Waals surface area contributed by atoms with Crippen molar-refractivity contribution in [3.63, 3.8) is 0 Å². The van der Waals surface area contributed by atoms with E-state index in [0.717, 1.165) is 0 Å². The van der Waals surface area contributed by atoms with Crippen molar-refractivity contribution in [2.24, 2.45) is 0 Å². The zero-order valence-corrected chi connectivity index (χ0v) is 19.6. The molecule has 0 saturated carbocycles. The lowest BCUT2D eigenvalue weighted by Crippen LogP contribution is -2.45. The predicted octanol–water partition coefficient (Wildman–Crippen LogP) is 4.21. The molecular formula is C25H30N2O6. The van der Waals surface area contributed by atoms with E-state index in [9.17, 15) is 9.59 Å². The highest BCUT2D eigenvalue weighted by Gasteiger charge is 2.35. The second kappa shape index (κ2) is 10.8. The number of hydrogen-bond donors (Lipinski definition) is 2. The zero-order valence-electron chi connectivity index (χ0n) is 19.6. The van der Waals surface area contributed by atoms with Crippen molar-refractivity contribution in [3.05, 3.63) is 59.2 Å². The second-order valence-corrected chi connectivity index (χ2v) is 7.57. The van der Waals surface area contributed by atoms with Crippen LogP contribution in [0.25, 0.3) is 5.70 Å². The molecule has 1 heterocycles. The number of nitrogens with one attached hydrogen (secondary N) is 2. The average molecular weight is 455 g/mol.